The monoisotopic (exact) mass is 604 g/mol. The maximum absolute atomic E-state index is 2.29. The van der Waals surface area contributed by atoms with Gasteiger partial charge in [-0.2, -0.15) is 55.6 Å². The quantitative estimate of drug-likeness (QED) is 0.369. The molecule has 0 N–H and O–H groups in total. The zero-order chi connectivity index (χ0) is 20.3. The molecule has 2 rings (SSSR count). The molecular formula is C26H42Cl2Hf. The Kier molecular flexibility index (Phi) is 16.6. The van der Waals surface area contributed by atoms with Gasteiger partial charge in [0, 0.05) is 0 Å². The minimum atomic E-state index is 0. The van der Waals surface area contributed by atoms with Crippen LogP contribution in [0.15, 0.2) is 0 Å². The number of hydrogen-bond acceptors (Lipinski definition) is 0. The van der Waals surface area contributed by atoms with Crippen molar-refractivity contribution >= 4 is 0 Å². The first-order valence-electron chi connectivity index (χ1n) is 10.3. The number of halogens is 2. The summed E-state index contributed by atoms with van der Waals surface area (Å²) in [5.74, 6) is 1.53. The van der Waals surface area contributed by atoms with Gasteiger partial charge in [-0.1, -0.05) is 108 Å². The summed E-state index contributed by atoms with van der Waals surface area (Å²) in [7, 11) is 0. The SMILES string of the molecule is Cc1c(C)c(C)[c-](CC(C)C)c1C.Cc1c(C)c(C)[c-](CC(C)C)c1C.[Cl-].[Cl-].[Hf+4]. The van der Waals surface area contributed by atoms with E-state index >= 15 is 0 Å². The van der Waals surface area contributed by atoms with E-state index in [9.17, 15) is 0 Å². The molecule has 29 heavy (non-hydrogen) atoms. The van der Waals surface area contributed by atoms with E-state index in [0.29, 0.717) is 0 Å². The Bertz CT molecular complexity index is 631. The summed E-state index contributed by atoms with van der Waals surface area (Å²) in [5.41, 5.74) is 15.2. The molecule has 0 fully saturated rings. The molecule has 0 unspecified atom stereocenters. The van der Waals surface area contributed by atoms with Crippen LogP contribution in [0.3, 0.4) is 0 Å². The van der Waals surface area contributed by atoms with Crippen molar-refractivity contribution in [3.8, 4) is 0 Å². The van der Waals surface area contributed by atoms with Crippen LogP contribution in [0.25, 0.3) is 0 Å². The molecule has 2 aromatic rings. The van der Waals surface area contributed by atoms with Gasteiger partial charge in [-0.3, -0.25) is 0 Å². The third kappa shape index (κ3) is 8.30. The summed E-state index contributed by atoms with van der Waals surface area (Å²) < 4.78 is 0. The van der Waals surface area contributed by atoms with Crippen LogP contribution in [0.5, 0.6) is 0 Å². The molecule has 0 spiro atoms. The largest absolute Gasteiger partial charge is 4.00 e. The van der Waals surface area contributed by atoms with Crippen molar-refractivity contribution in [1.82, 2.24) is 0 Å². The molecule has 164 valence electrons. The van der Waals surface area contributed by atoms with Gasteiger partial charge >= 0.3 is 25.8 Å². The fourth-order valence-electron chi connectivity index (χ4n) is 4.02. The zero-order valence-corrected chi connectivity index (χ0v) is 25.9. The van der Waals surface area contributed by atoms with Gasteiger partial charge < -0.3 is 24.8 Å². The summed E-state index contributed by atoms with van der Waals surface area (Å²) in [4.78, 5) is 0. The van der Waals surface area contributed by atoms with Crippen LogP contribution in [0.1, 0.15) is 83.3 Å². The molecular weight excluding hydrogens is 562 g/mol. The molecule has 0 saturated carbocycles. The van der Waals surface area contributed by atoms with Crippen molar-refractivity contribution in [2.45, 2.75) is 95.9 Å². The van der Waals surface area contributed by atoms with Crippen LogP contribution in [0, 0.1) is 67.2 Å². The third-order valence-electron chi connectivity index (χ3n) is 6.41. The van der Waals surface area contributed by atoms with Gasteiger partial charge in [0.05, 0.1) is 0 Å². The molecule has 0 radical (unpaired) electrons. The second-order valence-corrected chi connectivity index (χ2v) is 9.15. The summed E-state index contributed by atoms with van der Waals surface area (Å²) in [6, 6.07) is 0. The van der Waals surface area contributed by atoms with E-state index in [2.05, 4.69) is 83.1 Å². The maximum Gasteiger partial charge on any atom is 4.00 e. The van der Waals surface area contributed by atoms with Crippen LogP contribution in [-0.4, -0.2) is 0 Å². The molecule has 0 amide bonds. The Morgan fingerprint density at radius 2 is 0.655 bits per heavy atom. The molecule has 2 aromatic carbocycles. The van der Waals surface area contributed by atoms with Crippen LogP contribution in [-0.2, 0) is 38.7 Å². The van der Waals surface area contributed by atoms with E-state index in [1.165, 1.54) is 57.3 Å². The normalized spacial score (nSPS) is 10.1. The van der Waals surface area contributed by atoms with Gasteiger partial charge in [0.15, 0.2) is 0 Å². The molecule has 0 aliphatic carbocycles. The van der Waals surface area contributed by atoms with E-state index in [1.54, 1.807) is 11.1 Å². The Hall–Kier alpha value is 0.150. The third-order valence-corrected chi connectivity index (χ3v) is 6.41. The summed E-state index contributed by atoms with van der Waals surface area (Å²) in [5, 5.41) is 0. The first-order valence-corrected chi connectivity index (χ1v) is 10.3. The number of rotatable bonds is 4. The molecule has 0 nitrogen and oxygen atoms in total. The van der Waals surface area contributed by atoms with E-state index in [1.807, 2.05) is 0 Å². The predicted molar refractivity (Wildman–Crippen MR) is 119 cm³/mol. The molecule has 0 atom stereocenters. The molecule has 0 aliphatic heterocycles. The van der Waals surface area contributed by atoms with Gasteiger partial charge in [-0.05, 0) is 0 Å². The van der Waals surface area contributed by atoms with E-state index in [-0.39, 0.29) is 50.7 Å². The van der Waals surface area contributed by atoms with Crippen LogP contribution >= 0.6 is 0 Å². The fourth-order valence-corrected chi connectivity index (χ4v) is 4.02. The second-order valence-electron chi connectivity index (χ2n) is 9.15. The van der Waals surface area contributed by atoms with E-state index in [0.717, 1.165) is 11.8 Å². The minimum Gasteiger partial charge on any atom is -1.00 e. The van der Waals surface area contributed by atoms with Crippen LogP contribution in [0.4, 0.5) is 0 Å². The van der Waals surface area contributed by atoms with Gasteiger partial charge in [0.1, 0.15) is 0 Å². The summed E-state index contributed by atoms with van der Waals surface area (Å²) >= 11 is 0. The van der Waals surface area contributed by atoms with Crippen molar-refractivity contribution in [3.63, 3.8) is 0 Å². The van der Waals surface area contributed by atoms with Crippen molar-refractivity contribution in [2.75, 3.05) is 0 Å². The van der Waals surface area contributed by atoms with Gasteiger partial charge in [-0.25, -0.2) is 0 Å². The van der Waals surface area contributed by atoms with E-state index in [4.69, 9.17) is 0 Å². The van der Waals surface area contributed by atoms with E-state index < -0.39 is 0 Å². The molecule has 0 bridgehead atoms. The molecule has 0 heterocycles. The summed E-state index contributed by atoms with van der Waals surface area (Å²) in [6.45, 7) is 27.1. The summed E-state index contributed by atoms with van der Waals surface area (Å²) in [6.07, 6.45) is 2.46. The van der Waals surface area contributed by atoms with Gasteiger partial charge in [-0.15, -0.1) is 0 Å². The standard InChI is InChI=1S/2C13H21.2ClH.Hf/c2*1-8(2)7-13-11(5)9(3)10(4)12(13)6;;;/h2*8H,7H2,1-6H3;2*1H;/q2*-1;;;+4/p-2. The fraction of sp³-hybridized carbons (Fsp3) is 0.615. The van der Waals surface area contributed by atoms with Crippen molar-refractivity contribution < 1.29 is 50.7 Å². The zero-order valence-electron chi connectivity index (χ0n) is 20.8. The average molecular weight is 604 g/mol. The van der Waals surface area contributed by atoms with Gasteiger partial charge in [0.25, 0.3) is 0 Å². The van der Waals surface area contributed by atoms with Gasteiger partial charge in [0.2, 0.25) is 0 Å². The van der Waals surface area contributed by atoms with Crippen LogP contribution < -0.4 is 24.8 Å². The Morgan fingerprint density at radius 1 is 0.483 bits per heavy atom. The Balaban J connectivity index is -0.000000422. The first-order chi connectivity index (χ1) is 11.9. The van der Waals surface area contributed by atoms with Crippen molar-refractivity contribution in [3.05, 3.63) is 55.6 Å². The molecule has 0 aromatic heterocycles. The Labute approximate surface area is 213 Å². The second kappa shape index (κ2) is 14.3. The predicted octanol–water partition coefficient (Wildman–Crippen LogP) is 1.68. The van der Waals surface area contributed by atoms with Crippen LogP contribution in [0.2, 0.25) is 0 Å². The topological polar surface area (TPSA) is 0 Å². The first kappa shape index (κ1) is 33.8. The average Bonchev–Trinajstić information content (AvgIpc) is 2.85. The number of hydrogen-bond donors (Lipinski definition) is 0. The minimum absolute atomic E-state index is 0. The van der Waals surface area contributed by atoms with Crippen molar-refractivity contribution in [2.24, 2.45) is 11.8 Å². The molecule has 0 aliphatic rings. The Morgan fingerprint density at radius 3 is 0.793 bits per heavy atom. The molecule has 0 saturated heterocycles. The molecule has 3 heteroatoms. The van der Waals surface area contributed by atoms with Crippen molar-refractivity contribution in [1.29, 1.82) is 0 Å². The maximum atomic E-state index is 2.29. The smallest absolute Gasteiger partial charge is 1.00 e.